The highest BCUT2D eigenvalue weighted by atomic mass is 32.1. The fraction of sp³-hybridized carbons (Fsp3) is 0.0238. The van der Waals surface area contributed by atoms with E-state index < -0.39 is 0 Å². The molecule has 5 heteroatoms. The fourth-order valence-corrected chi connectivity index (χ4v) is 9.03. The molecule has 1 unspecified atom stereocenters. The molecule has 0 spiro atoms. The second-order valence-corrected chi connectivity index (χ2v) is 13.5. The number of allylic oxidation sites excluding steroid dienone is 2. The van der Waals surface area contributed by atoms with Crippen LogP contribution in [0.3, 0.4) is 0 Å². The summed E-state index contributed by atoms with van der Waals surface area (Å²) in [6.07, 6.45) is 8.61. The van der Waals surface area contributed by atoms with Crippen LogP contribution in [0.2, 0.25) is 0 Å². The Balaban J connectivity index is 1.12. The zero-order chi connectivity index (χ0) is 30.6. The van der Waals surface area contributed by atoms with Crippen molar-refractivity contribution in [3.8, 4) is 10.4 Å². The Morgan fingerprint density at radius 3 is 2.23 bits per heavy atom. The number of aromatic nitrogens is 2. The molecule has 0 fully saturated rings. The van der Waals surface area contributed by atoms with Crippen molar-refractivity contribution < 1.29 is 0 Å². The molecule has 2 aliphatic rings. The minimum atomic E-state index is 0.0470. The number of aliphatic imine (C=N–C) groups is 1. The van der Waals surface area contributed by atoms with Crippen LogP contribution < -0.4 is 5.32 Å². The molecule has 4 nitrogen and oxygen atoms in total. The van der Waals surface area contributed by atoms with E-state index in [1.54, 1.807) is 0 Å². The molecule has 0 radical (unpaired) electrons. The third kappa shape index (κ3) is 3.44. The van der Waals surface area contributed by atoms with Gasteiger partial charge in [0.05, 0.1) is 44.0 Å². The molecule has 0 amide bonds. The van der Waals surface area contributed by atoms with Crippen molar-refractivity contribution >= 4 is 82.2 Å². The number of benzene rings is 5. The quantitative estimate of drug-likeness (QED) is 0.206. The van der Waals surface area contributed by atoms with E-state index in [0.29, 0.717) is 0 Å². The summed E-state index contributed by atoms with van der Waals surface area (Å²) in [5, 5.41) is 10.2. The van der Waals surface area contributed by atoms with Gasteiger partial charge in [-0.1, -0.05) is 115 Å². The van der Waals surface area contributed by atoms with Gasteiger partial charge in [-0.05, 0) is 35.9 Å². The molecule has 5 aromatic carbocycles. The minimum absolute atomic E-state index is 0.0470. The van der Waals surface area contributed by atoms with Gasteiger partial charge in [-0.2, -0.15) is 0 Å². The van der Waals surface area contributed by atoms with E-state index >= 15 is 0 Å². The molecule has 4 aromatic heterocycles. The number of hydrogen-bond donors (Lipinski definition) is 1. The lowest BCUT2D eigenvalue weighted by atomic mass is 9.95. The number of rotatable bonds is 2. The van der Waals surface area contributed by atoms with Crippen molar-refractivity contribution in [2.24, 2.45) is 4.99 Å². The summed E-state index contributed by atoms with van der Waals surface area (Å²) in [5.74, 6) is 0.840. The summed E-state index contributed by atoms with van der Waals surface area (Å²) in [7, 11) is 0. The van der Waals surface area contributed by atoms with Gasteiger partial charge < -0.3 is 9.72 Å². The van der Waals surface area contributed by atoms with Gasteiger partial charge in [-0.15, -0.1) is 11.3 Å². The smallest absolute Gasteiger partial charge is 0.209 e. The Morgan fingerprint density at radius 1 is 0.596 bits per heavy atom. The molecule has 9 aromatic rings. The molecule has 47 heavy (non-hydrogen) atoms. The third-order valence-corrected chi connectivity index (χ3v) is 11.1. The average Bonchev–Trinajstić information content (AvgIpc) is 3.88. The van der Waals surface area contributed by atoms with Crippen LogP contribution in [0.25, 0.3) is 75.4 Å². The van der Waals surface area contributed by atoms with E-state index in [4.69, 9.17) is 4.99 Å². The molecule has 1 N–H and O–H groups in total. The van der Waals surface area contributed by atoms with Gasteiger partial charge in [0.15, 0.2) is 0 Å². The van der Waals surface area contributed by atoms with Crippen LogP contribution in [0.15, 0.2) is 156 Å². The lowest BCUT2D eigenvalue weighted by molar-refractivity contribution is 0.805. The van der Waals surface area contributed by atoms with E-state index in [1.807, 2.05) is 11.3 Å². The van der Waals surface area contributed by atoms with Crippen LogP contribution in [0, 0.1) is 0 Å². The predicted molar refractivity (Wildman–Crippen MR) is 199 cm³/mol. The van der Waals surface area contributed by atoms with E-state index in [-0.39, 0.29) is 6.04 Å². The van der Waals surface area contributed by atoms with Crippen LogP contribution in [0.4, 0.5) is 0 Å². The predicted octanol–water partition coefficient (Wildman–Crippen LogP) is 10.4. The van der Waals surface area contributed by atoms with Gasteiger partial charge >= 0.3 is 0 Å². The highest BCUT2D eigenvalue weighted by Crippen LogP contribution is 2.45. The van der Waals surface area contributed by atoms with Gasteiger partial charge in [0.25, 0.3) is 0 Å². The first-order chi connectivity index (χ1) is 23.3. The van der Waals surface area contributed by atoms with Crippen molar-refractivity contribution in [1.29, 1.82) is 0 Å². The molecule has 0 bridgehead atoms. The van der Waals surface area contributed by atoms with Crippen molar-refractivity contribution in [2.45, 2.75) is 6.04 Å². The highest BCUT2D eigenvalue weighted by Gasteiger charge is 2.27. The van der Waals surface area contributed by atoms with Crippen LogP contribution in [-0.4, -0.2) is 21.0 Å². The molecule has 1 aliphatic carbocycles. The van der Waals surface area contributed by atoms with E-state index in [1.165, 1.54) is 64.2 Å². The van der Waals surface area contributed by atoms with E-state index in [0.717, 1.165) is 28.3 Å². The second-order valence-electron chi connectivity index (χ2n) is 12.4. The molecule has 11 rings (SSSR count). The summed E-state index contributed by atoms with van der Waals surface area (Å²) in [6.45, 7) is 0. The number of para-hydroxylation sites is 3. The van der Waals surface area contributed by atoms with Gasteiger partial charge in [0, 0.05) is 42.9 Å². The Kier molecular flexibility index (Phi) is 5.02. The lowest BCUT2D eigenvalue weighted by Gasteiger charge is -2.28. The molecule has 0 saturated heterocycles. The topological polar surface area (TPSA) is 33.7 Å². The number of fused-ring (bicyclic) bond motifs is 10. The van der Waals surface area contributed by atoms with E-state index in [2.05, 4.69) is 160 Å². The lowest BCUT2D eigenvalue weighted by Crippen LogP contribution is -2.42. The molecule has 1 aliphatic heterocycles. The van der Waals surface area contributed by atoms with Crippen LogP contribution >= 0.6 is 11.3 Å². The summed E-state index contributed by atoms with van der Waals surface area (Å²) in [4.78, 5) is 6.59. The number of hydrogen-bond acceptors (Lipinski definition) is 3. The maximum absolute atomic E-state index is 5.32. The summed E-state index contributed by atoms with van der Waals surface area (Å²) in [6, 6.07) is 44.1. The first-order valence-electron chi connectivity index (χ1n) is 16.0. The first-order valence-corrected chi connectivity index (χ1v) is 16.8. The Hall–Kier alpha value is -5.91. The molecular weight excluding hydrogens is 593 g/mol. The zero-order valence-electron chi connectivity index (χ0n) is 25.2. The second kappa shape index (κ2) is 9.32. The van der Waals surface area contributed by atoms with Crippen molar-refractivity contribution in [3.05, 3.63) is 157 Å². The maximum atomic E-state index is 5.32. The zero-order valence-corrected chi connectivity index (χ0v) is 26.0. The van der Waals surface area contributed by atoms with Crippen LogP contribution in [0.5, 0.6) is 0 Å². The largest absolute Gasteiger partial charge is 0.345 e. The van der Waals surface area contributed by atoms with Crippen LogP contribution in [0.1, 0.15) is 5.56 Å². The first kappa shape index (κ1) is 25.3. The van der Waals surface area contributed by atoms with Gasteiger partial charge in [-0.3, -0.25) is 4.57 Å². The van der Waals surface area contributed by atoms with Crippen molar-refractivity contribution in [3.63, 3.8) is 0 Å². The minimum Gasteiger partial charge on any atom is -0.345 e. The number of nitrogens with zero attached hydrogens (tertiary/aromatic N) is 3. The normalized spacial score (nSPS) is 16.3. The molecule has 1 atom stereocenters. The SMILES string of the molecule is C1=CC2=C(c3ccccc3)N=C(n3c4ccccc4c4cc(-c5cc6c(s5)c5cccc7c8ccccc8n6c75)ccc43)NC2C=C1. The number of nitrogens with one attached hydrogen (secondary N) is 1. The molecule has 0 saturated carbocycles. The van der Waals surface area contributed by atoms with Gasteiger partial charge in [0.1, 0.15) is 0 Å². The fourth-order valence-electron chi connectivity index (χ4n) is 7.87. The standard InChI is InChI=1S/C42H26N4S/c1-2-11-25(12-3-1)39-30-15-4-7-18-33(30)43-42(44-39)46-35-20-9-6-14-28(35)32-23-26(21-22-36(32)46)38-24-37-41(47-38)31-17-10-16-29-27-13-5-8-19-34(27)45(37)40(29)31/h1-24,33H,(H,43,44). The molecule has 220 valence electrons. The monoisotopic (exact) mass is 618 g/mol. The Labute approximate surface area is 273 Å². The van der Waals surface area contributed by atoms with Crippen molar-refractivity contribution in [2.75, 3.05) is 0 Å². The number of thiophene rings is 1. The maximum Gasteiger partial charge on any atom is 0.209 e. The van der Waals surface area contributed by atoms with Crippen LogP contribution in [-0.2, 0) is 0 Å². The molecular formula is C42H26N4S. The third-order valence-electron chi connectivity index (χ3n) is 9.91. The summed E-state index contributed by atoms with van der Waals surface area (Å²) in [5.41, 5.74) is 10.7. The Bertz CT molecular complexity index is 2870. The van der Waals surface area contributed by atoms with Crippen molar-refractivity contribution in [1.82, 2.24) is 14.3 Å². The highest BCUT2D eigenvalue weighted by molar-refractivity contribution is 7.23. The Morgan fingerprint density at radius 2 is 1.34 bits per heavy atom. The summed E-state index contributed by atoms with van der Waals surface area (Å²) >= 11 is 1.89. The van der Waals surface area contributed by atoms with Gasteiger partial charge in [-0.25, -0.2) is 4.99 Å². The average molecular weight is 619 g/mol. The molecule has 5 heterocycles. The van der Waals surface area contributed by atoms with E-state index in [9.17, 15) is 0 Å². The van der Waals surface area contributed by atoms with Gasteiger partial charge in [0.2, 0.25) is 5.96 Å². The summed E-state index contributed by atoms with van der Waals surface area (Å²) < 4.78 is 6.11.